The predicted octanol–water partition coefficient (Wildman–Crippen LogP) is 6.35. The van der Waals surface area contributed by atoms with Crippen molar-refractivity contribution in [3.63, 3.8) is 0 Å². The second kappa shape index (κ2) is 7.98. The van der Waals surface area contributed by atoms with Crippen LogP contribution in [0.1, 0.15) is 80.6 Å². The highest BCUT2D eigenvalue weighted by atomic mass is 19.4. The van der Waals surface area contributed by atoms with Crippen LogP contribution < -0.4 is 0 Å². The molecule has 1 unspecified atom stereocenters. The lowest BCUT2D eigenvalue weighted by Gasteiger charge is -2.53. The second-order valence-corrected chi connectivity index (χ2v) is 10.7. The van der Waals surface area contributed by atoms with Crippen LogP contribution >= 0.6 is 0 Å². The molecule has 3 aliphatic rings. The molecule has 2 heterocycles. The molecule has 172 valence electrons. The van der Waals surface area contributed by atoms with Gasteiger partial charge in [0, 0.05) is 31.2 Å². The standard InChI is InChI=1S/C24H40F3N3/c1-17(2)28-13-11-22(7,24(25,26)27)15-20(28)30(19(5)6)21-16-23(9-8-10-23)12-14-29(21)18(3)4/h15-19H,8-14H2,1-7H3. The molecule has 3 nitrogen and oxygen atoms in total. The molecule has 1 atom stereocenters. The maximum absolute atomic E-state index is 14.0. The number of halogens is 3. The lowest BCUT2D eigenvalue weighted by atomic mass is 9.65. The Kier molecular flexibility index (Phi) is 6.21. The summed E-state index contributed by atoms with van der Waals surface area (Å²) in [6.07, 6.45) is 4.55. The highest BCUT2D eigenvalue weighted by Crippen LogP contribution is 2.51. The maximum Gasteiger partial charge on any atom is 0.397 e. The van der Waals surface area contributed by atoms with Gasteiger partial charge in [-0.25, -0.2) is 0 Å². The van der Waals surface area contributed by atoms with Gasteiger partial charge in [-0.3, -0.25) is 0 Å². The minimum atomic E-state index is -4.25. The average Bonchev–Trinajstić information content (AvgIpc) is 2.58. The van der Waals surface area contributed by atoms with Crippen molar-refractivity contribution in [1.29, 1.82) is 0 Å². The van der Waals surface area contributed by atoms with E-state index in [-0.39, 0.29) is 23.9 Å². The van der Waals surface area contributed by atoms with Gasteiger partial charge in [0.1, 0.15) is 11.6 Å². The Labute approximate surface area is 181 Å². The summed E-state index contributed by atoms with van der Waals surface area (Å²) >= 11 is 0. The zero-order valence-corrected chi connectivity index (χ0v) is 19.8. The summed E-state index contributed by atoms with van der Waals surface area (Å²) in [5.74, 6) is 1.83. The van der Waals surface area contributed by atoms with Crippen molar-refractivity contribution < 1.29 is 13.2 Å². The summed E-state index contributed by atoms with van der Waals surface area (Å²) in [4.78, 5) is 6.75. The molecular weight excluding hydrogens is 387 g/mol. The lowest BCUT2D eigenvalue weighted by molar-refractivity contribution is -0.207. The molecule has 30 heavy (non-hydrogen) atoms. The summed E-state index contributed by atoms with van der Waals surface area (Å²) in [7, 11) is 0. The first-order chi connectivity index (χ1) is 13.8. The largest absolute Gasteiger partial charge is 0.397 e. The molecular formula is C24H40F3N3. The van der Waals surface area contributed by atoms with Gasteiger partial charge in [-0.05, 0) is 91.7 Å². The van der Waals surface area contributed by atoms with E-state index in [2.05, 4.69) is 62.3 Å². The molecule has 6 heteroatoms. The van der Waals surface area contributed by atoms with Gasteiger partial charge >= 0.3 is 6.18 Å². The van der Waals surface area contributed by atoms with E-state index in [0.717, 1.165) is 24.6 Å². The van der Waals surface area contributed by atoms with Crippen LogP contribution in [0.5, 0.6) is 0 Å². The molecule has 0 amide bonds. The van der Waals surface area contributed by atoms with Crippen molar-refractivity contribution in [3.8, 4) is 0 Å². The third kappa shape index (κ3) is 4.08. The van der Waals surface area contributed by atoms with E-state index in [1.165, 1.54) is 32.3 Å². The summed E-state index contributed by atoms with van der Waals surface area (Å²) in [5, 5.41) is 0. The first-order valence-electron chi connectivity index (χ1n) is 11.7. The molecule has 1 fully saturated rings. The van der Waals surface area contributed by atoms with Crippen LogP contribution in [0.25, 0.3) is 0 Å². The first-order valence-corrected chi connectivity index (χ1v) is 11.7. The average molecular weight is 428 g/mol. The minimum absolute atomic E-state index is 0.0656. The molecule has 0 aromatic carbocycles. The van der Waals surface area contributed by atoms with Crippen LogP contribution in [0.2, 0.25) is 0 Å². The van der Waals surface area contributed by atoms with Crippen molar-refractivity contribution >= 4 is 0 Å². The quantitative estimate of drug-likeness (QED) is 0.506. The number of rotatable bonds is 5. The highest BCUT2D eigenvalue weighted by molar-refractivity contribution is 5.25. The normalized spacial score (nSPS) is 27.0. The van der Waals surface area contributed by atoms with E-state index in [1.807, 2.05) is 0 Å². The second-order valence-electron chi connectivity index (χ2n) is 10.7. The fourth-order valence-electron chi connectivity index (χ4n) is 5.15. The molecule has 1 spiro atoms. The summed E-state index contributed by atoms with van der Waals surface area (Å²) in [6, 6.07) is 0.515. The number of allylic oxidation sites excluding steroid dienone is 2. The Balaban J connectivity index is 2.14. The molecule has 2 aliphatic heterocycles. The topological polar surface area (TPSA) is 9.72 Å². The summed E-state index contributed by atoms with van der Waals surface area (Å²) < 4.78 is 42.1. The lowest BCUT2D eigenvalue weighted by Crippen LogP contribution is -2.54. The van der Waals surface area contributed by atoms with E-state index in [4.69, 9.17) is 0 Å². The van der Waals surface area contributed by atoms with E-state index in [1.54, 1.807) is 0 Å². The van der Waals surface area contributed by atoms with Gasteiger partial charge in [0.2, 0.25) is 0 Å². The van der Waals surface area contributed by atoms with Gasteiger partial charge in [0.05, 0.1) is 5.41 Å². The monoisotopic (exact) mass is 427 g/mol. The molecule has 0 saturated heterocycles. The third-order valence-electron chi connectivity index (χ3n) is 7.45. The molecule has 1 aliphatic carbocycles. The molecule has 0 N–H and O–H groups in total. The Morgan fingerprint density at radius 2 is 1.33 bits per heavy atom. The number of alkyl halides is 3. The molecule has 1 saturated carbocycles. The van der Waals surface area contributed by atoms with Crippen molar-refractivity contribution in [2.45, 2.75) is 105 Å². The van der Waals surface area contributed by atoms with E-state index in [9.17, 15) is 13.2 Å². The molecule has 3 rings (SSSR count). The van der Waals surface area contributed by atoms with Crippen LogP contribution in [0.4, 0.5) is 13.2 Å². The number of hydrogen-bond acceptors (Lipinski definition) is 3. The Hall–Kier alpha value is -1.33. The molecule has 0 bridgehead atoms. The highest BCUT2D eigenvalue weighted by Gasteiger charge is 2.52. The van der Waals surface area contributed by atoms with Crippen molar-refractivity contribution in [2.75, 3.05) is 13.1 Å². The van der Waals surface area contributed by atoms with Crippen molar-refractivity contribution in [1.82, 2.24) is 14.7 Å². The smallest absolute Gasteiger partial charge is 0.356 e. The van der Waals surface area contributed by atoms with E-state index < -0.39 is 11.6 Å². The number of nitrogens with zero attached hydrogens (tertiary/aromatic N) is 3. The predicted molar refractivity (Wildman–Crippen MR) is 117 cm³/mol. The van der Waals surface area contributed by atoms with Crippen LogP contribution in [-0.2, 0) is 0 Å². The summed E-state index contributed by atoms with van der Waals surface area (Å²) in [6.45, 7) is 15.4. The van der Waals surface area contributed by atoms with Crippen LogP contribution in [0, 0.1) is 10.8 Å². The van der Waals surface area contributed by atoms with Gasteiger partial charge in [0.25, 0.3) is 0 Å². The Bertz CT molecular complexity index is 688. The van der Waals surface area contributed by atoms with Gasteiger partial charge < -0.3 is 14.7 Å². The van der Waals surface area contributed by atoms with Crippen LogP contribution in [0.15, 0.2) is 23.8 Å². The third-order valence-corrected chi connectivity index (χ3v) is 7.45. The van der Waals surface area contributed by atoms with E-state index >= 15 is 0 Å². The minimum Gasteiger partial charge on any atom is -0.356 e. The van der Waals surface area contributed by atoms with E-state index in [0.29, 0.717) is 12.6 Å². The van der Waals surface area contributed by atoms with Gasteiger partial charge in [0.15, 0.2) is 0 Å². The first kappa shape index (κ1) is 23.3. The fourth-order valence-corrected chi connectivity index (χ4v) is 5.15. The fraction of sp³-hybridized carbons (Fsp3) is 0.833. The zero-order chi connectivity index (χ0) is 22.5. The molecule has 0 aromatic rings. The van der Waals surface area contributed by atoms with Gasteiger partial charge in [-0.2, -0.15) is 13.2 Å². The van der Waals surface area contributed by atoms with Crippen LogP contribution in [0.3, 0.4) is 0 Å². The molecule has 0 radical (unpaired) electrons. The Morgan fingerprint density at radius 1 is 0.833 bits per heavy atom. The van der Waals surface area contributed by atoms with Crippen molar-refractivity contribution in [3.05, 3.63) is 23.8 Å². The van der Waals surface area contributed by atoms with Crippen molar-refractivity contribution in [2.24, 2.45) is 10.8 Å². The maximum atomic E-state index is 14.0. The van der Waals surface area contributed by atoms with Gasteiger partial charge in [-0.15, -0.1) is 0 Å². The Morgan fingerprint density at radius 3 is 1.73 bits per heavy atom. The van der Waals surface area contributed by atoms with Gasteiger partial charge in [-0.1, -0.05) is 6.42 Å². The molecule has 0 aromatic heterocycles. The summed E-state index contributed by atoms with van der Waals surface area (Å²) in [5.41, 5.74) is -1.56. The number of hydrogen-bond donors (Lipinski definition) is 0. The zero-order valence-electron chi connectivity index (χ0n) is 19.8. The SMILES string of the molecule is CC(C)N1CCC2(C=C1N(C1=CC(C)(C(F)(F)F)CCN1C(C)C)C(C)C)CCC2. The van der Waals surface area contributed by atoms with Crippen LogP contribution in [-0.4, -0.2) is 52.1 Å².